The molecule has 0 aromatic heterocycles. The Kier molecular flexibility index (Phi) is 21.8. The molecule has 2 saturated heterocycles. The van der Waals surface area contributed by atoms with Crippen molar-refractivity contribution in [2.45, 2.75) is 122 Å². The molecule has 2 heterocycles. The van der Waals surface area contributed by atoms with E-state index in [1.807, 2.05) is 56.4 Å². The lowest BCUT2D eigenvalue weighted by Crippen LogP contribution is -2.59. The van der Waals surface area contributed by atoms with Gasteiger partial charge in [0.1, 0.15) is 42.4 Å². The van der Waals surface area contributed by atoms with E-state index < -0.39 is 89.7 Å². The Hall–Kier alpha value is -6.06. The van der Waals surface area contributed by atoms with E-state index in [9.17, 15) is 38.4 Å². The number of carbonyl (C=O) groups excluding carboxylic acids is 8. The molecular formula is C44H63N7O9. The van der Waals surface area contributed by atoms with Crippen LogP contribution in [0.4, 0.5) is 0 Å². The maximum absolute atomic E-state index is 14.0. The summed E-state index contributed by atoms with van der Waals surface area (Å²) in [6.45, 7) is 10.2. The Bertz CT molecular complexity index is 1750. The zero-order valence-electron chi connectivity index (χ0n) is 35.8. The Morgan fingerprint density at radius 2 is 1.28 bits per heavy atom. The summed E-state index contributed by atoms with van der Waals surface area (Å²) in [6, 6.07) is -7.35. The number of cyclic esters (lactones) is 1. The molecule has 0 aromatic carbocycles. The smallest absolute Gasteiger partial charge is 0.329 e. The van der Waals surface area contributed by atoms with E-state index in [2.05, 4.69) is 34.3 Å². The van der Waals surface area contributed by atoms with Crippen molar-refractivity contribution in [3.05, 3.63) is 85.1 Å². The van der Waals surface area contributed by atoms with Gasteiger partial charge in [0.05, 0.1) is 0 Å². The number of nitrogens with one attached hydrogen (secondary N) is 4. The lowest BCUT2D eigenvalue weighted by molar-refractivity contribution is -0.159. The number of rotatable bonds is 14. The van der Waals surface area contributed by atoms with Gasteiger partial charge < -0.3 is 41.5 Å². The number of amides is 7. The van der Waals surface area contributed by atoms with Crippen molar-refractivity contribution in [2.75, 3.05) is 13.6 Å². The van der Waals surface area contributed by atoms with Crippen LogP contribution >= 0.6 is 0 Å². The van der Waals surface area contributed by atoms with E-state index in [1.54, 1.807) is 24.3 Å². The molecule has 328 valence electrons. The fraction of sp³-hybridized carbons (Fsp3) is 0.500. The molecular weight excluding hydrogens is 771 g/mol. The molecule has 2 rings (SSSR count). The van der Waals surface area contributed by atoms with Crippen LogP contribution in [-0.4, -0.2) is 113 Å². The zero-order chi connectivity index (χ0) is 44.8. The monoisotopic (exact) mass is 833 g/mol. The summed E-state index contributed by atoms with van der Waals surface area (Å²) >= 11 is 0. The number of carbonyl (C=O) groups is 8. The second-order valence-corrected chi connectivity index (χ2v) is 15.1. The van der Waals surface area contributed by atoms with E-state index >= 15 is 0 Å². The van der Waals surface area contributed by atoms with Crippen molar-refractivity contribution in [3.8, 4) is 0 Å². The third-order valence-electron chi connectivity index (χ3n) is 9.56. The van der Waals surface area contributed by atoms with Gasteiger partial charge in [0, 0.05) is 26.1 Å². The van der Waals surface area contributed by atoms with Crippen molar-refractivity contribution in [2.24, 2.45) is 11.7 Å². The standard InChI is InChI=1S/C44H63N7O9/c1-8-9-10-11-12-13-14-15-16-17-18-19-20-21-24-37(53)50(7)38-32(6)60-44(59)33(25-26-36(45)52)48-39(54)30(4)46-41(56)35-23-22-27-51(35)43(58)34(28-29(2)3)49-40(55)31(5)47-42(38)57/h9-21,24,29-35,38H,8,22-23,25-28H2,1-7H3,(H2,45,52)(H,46,56)(H,47,57)(H,48,54)(H,49,55)/b10-9+,12-11+,14-13+,16-15+,18-17+,20-19+,24-21+/t30?,31?,32-,33+,34+,35-,38+/m1/s1. The summed E-state index contributed by atoms with van der Waals surface area (Å²) in [4.78, 5) is 109. The summed E-state index contributed by atoms with van der Waals surface area (Å²) in [5, 5.41) is 10.4. The lowest BCUT2D eigenvalue weighted by atomic mass is 10.0. The van der Waals surface area contributed by atoms with Gasteiger partial charge in [0.2, 0.25) is 41.4 Å². The molecule has 2 aliphatic heterocycles. The summed E-state index contributed by atoms with van der Waals surface area (Å²) < 4.78 is 5.68. The summed E-state index contributed by atoms with van der Waals surface area (Å²) in [5.41, 5.74) is 5.34. The number of primary amides is 1. The molecule has 2 fully saturated rings. The Labute approximate surface area is 353 Å². The zero-order valence-corrected chi connectivity index (χ0v) is 35.8. The van der Waals surface area contributed by atoms with Gasteiger partial charge in [0.25, 0.3) is 0 Å². The molecule has 0 aromatic rings. The van der Waals surface area contributed by atoms with Crippen LogP contribution in [-0.2, 0) is 43.1 Å². The summed E-state index contributed by atoms with van der Waals surface area (Å²) in [6.07, 6.45) is 24.9. The molecule has 7 amide bonds. The number of ether oxygens (including phenoxy) is 1. The molecule has 6 N–H and O–H groups in total. The number of esters is 1. The minimum Gasteiger partial charge on any atom is -0.458 e. The molecule has 16 nitrogen and oxygen atoms in total. The van der Waals surface area contributed by atoms with Crippen LogP contribution < -0.4 is 27.0 Å². The lowest BCUT2D eigenvalue weighted by Gasteiger charge is -2.33. The van der Waals surface area contributed by atoms with Crippen molar-refractivity contribution in [3.63, 3.8) is 0 Å². The summed E-state index contributed by atoms with van der Waals surface area (Å²) in [5.74, 6) is -5.95. The SMILES string of the molecule is CC/C=C/C=C/C=C/C=C/C=C/C=C/C=C/C(=O)N(C)[C@@H]1C(=O)NC(C)C(=O)N[C@@H](CC(C)C)C(=O)N2CCC[C@@H]2C(=O)NC(C)C(=O)N[C@@H](CCC(N)=O)C(=O)O[C@@H]1C. The van der Waals surface area contributed by atoms with Crippen molar-refractivity contribution in [1.29, 1.82) is 0 Å². The Morgan fingerprint density at radius 1 is 0.767 bits per heavy atom. The number of likely N-dealkylation sites (N-methyl/N-ethyl adjacent to an activating group) is 1. The van der Waals surface area contributed by atoms with E-state index in [4.69, 9.17) is 10.5 Å². The predicted octanol–water partition coefficient (Wildman–Crippen LogP) is 2.34. The first kappa shape index (κ1) is 50.1. The molecule has 0 spiro atoms. The largest absolute Gasteiger partial charge is 0.458 e. The van der Waals surface area contributed by atoms with Gasteiger partial charge >= 0.3 is 5.97 Å². The molecule has 7 atom stereocenters. The molecule has 2 aliphatic rings. The molecule has 2 unspecified atom stereocenters. The minimum absolute atomic E-state index is 0.0459. The van der Waals surface area contributed by atoms with Crippen molar-refractivity contribution in [1.82, 2.24) is 31.1 Å². The van der Waals surface area contributed by atoms with E-state index in [0.717, 1.165) is 11.3 Å². The van der Waals surface area contributed by atoms with Crippen LogP contribution in [0.25, 0.3) is 0 Å². The second-order valence-electron chi connectivity index (χ2n) is 15.1. The molecule has 0 aliphatic carbocycles. The fourth-order valence-corrected chi connectivity index (χ4v) is 6.35. The Morgan fingerprint density at radius 3 is 1.82 bits per heavy atom. The van der Waals surface area contributed by atoms with E-state index in [-0.39, 0.29) is 31.7 Å². The van der Waals surface area contributed by atoms with Crippen LogP contribution in [0.2, 0.25) is 0 Å². The second kappa shape index (κ2) is 26.1. The maximum atomic E-state index is 14.0. The van der Waals surface area contributed by atoms with Crippen LogP contribution in [0.3, 0.4) is 0 Å². The molecule has 0 bridgehead atoms. The van der Waals surface area contributed by atoms with Crippen molar-refractivity contribution < 1.29 is 43.1 Å². The van der Waals surface area contributed by atoms with Crippen molar-refractivity contribution >= 4 is 47.3 Å². The van der Waals surface area contributed by atoms with Gasteiger partial charge in [-0.15, -0.1) is 0 Å². The Balaban J connectivity index is 2.43. The minimum atomic E-state index is -1.51. The average Bonchev–Trinajstić information content (AvgIpc) is 3.68. The van der Waals surface area contributed by atoms with Crippen LogP contribution in [0.1, 0.15) is 80.1 Å². The molecule has 16 heteroatoms. The van der Waals surface area contributed by atoms with Crippen LogP contribution in [0.15, 0.2) is 85.1 Å². The molecule has 0 saturated carbocycles. The highest BCUT2D eigenvalue weighted by atomic mass is 16.5. The fourth-order valence-electron chi connectivity index (χ4n) is 6.35. The first-order valence-electron chi connectivity index (χ1n) is 20.4. The number of allylic oxidation sites excluding steroid dienone is 13. The maximum Gasteiger partial charge on any atom is 0.329 e. The number of hydrogen-bond acceptors (Lipinski definition) is 9. The predicted molar refractivity (Wildman–Crippen MR) is 228 cm³/mol. The van der Waals surface area contributed by atoms with Gasteiger partial charge in [-0.25, -0.2) is 4.79 Å². The average molecular weight is 834 g/mol. The quantitative estimate of drug-likeness (QED) is 0.0983. The number of nitrogens with two attached hydrogens (primary N) is 1. The van der Waals surface area contributed by atoms with E-state index in [0.29, 0.717) is 12.8 Å². The third kappa shape index (κ3) is 17.0. The topological polar surface area (TPSA) is 226 Å². The van der Waals surface area contributed by atoms with Gasteiger partial charge in [-0.1, -0.05) is 99.8 Å². The highest BCUT2D eigenvalue weighted by Crippen LogP contribution is 2.21. The van der Waals surface area contributed by atoms with Gasteiger partial charge in [-0.3, -0.25) is 33.6 Å². The first-order valence-corrected chi connectivity index (χ1v) is 20.4. The van der Waals surface area contributed by atoms with Gasteiger partial charge in [-0.05, 0) is 58.8 Å². The van der Waals surface area contributed by atoms with Gasteiger partial charge in [-0.2, -0.15) is 0 Å². The van der Waals surface area contributed by atoms with Crippen LogP contribution in [0.5, 0.6) is 0 Å². The number of fused-ring (bicyclic) bond motifs is 1. The highest BCUT2D eigenvalue weighted by Gasteiger charge is 2.41. The number of nitrogens with zero attached hydrogens (tertiary/aromatic N) is 2. The van der Waals surface area contributed by atoms with Gasteiger partial charge in [0.15, 0.2) is 0 Å². The third-order valence-corrected chi connectivity index (χ3v) is 9.56. The normalized spacial score (nSPS) is 25.9. The molecule has 60 heavy (non-hydrogen) atoms. The summed E-state index contributed by atoms with van der Waals surface area (Å²) in [7, 11) is 1.32. The first-order chi connectivity index (χ1) is 28.5. The number of hydrogen-bond donors (Lipinski definition) is 5. The van der Waals surface area contributed by atoms with E-state index in [1.165, 1.54) is 44.9 Å². The molecule has 0 radical (unpaired) electrons. The van der Waals surface area contributed by atoms with Crippen LogP contribution in [0, 0.1) is 5.92 Å². The highest BCUT2D eigenvalue weighted by molar-refractivity contribution is 5.98.